The lowest BCUT2D eigenvalue weighted by Crippen LogP contribution is -1.96. The lowest BCUT2D eigenvalue weighted by atomic mass is 10.2. The van der Waals surface area contributed by atoms with E-state index in [1.165, 1.54) is 0 Å². The Hall–Kier alpha value is -1.33. The first kappa shape index (κ1) is 9.76. The van der Waals surface area contributed by atoms with E-state index in [0.717, 1.165) is 31.4 Å². The largest absolute Gasteiger partial charge is 0.330 e. The van der Waals surface area contributed by atoms with Crippen molar-refractivity contribution >= 4 is 0 Å². The van der Waals surface area contributed by atoms with Gasteiger partial charge in [0.15, 0.2) is 0 Å². The highest BCUT2D eigenvalue weighted by molar-refractivity contribution is 5.30. The predicted octanol–water partition coefficient (Wildman–Crippen LogP) is 1.56. The summed E-state index contributed by atoms with van der Waals surface area (Å²) in [6.07, 6.45) is 6.59. The molecule has 1 aromatic heterocycles. The molecule has 0 aliphatic heterocycles. The van der Waals surface area contributed by atoms with Crippen LogP contribution >= 0.6 is 0 Å². The van der Waals surface area contributed by atoms with Crippen LogP contribution in [0.1, 0.15) is 24.8 Å². The molecule has 0 atom stereocenters. The minimum absolute atomic E-state index is 0.759. The lowest BCUT2D eigenvalue weighted by molar-refractivity contribution is 0.768. The third-order valence-corrected chi connectivity index (χ3v) is 1.65. The Morgan fingerprint density at radius 3 is 3.00 bits per heavy atom. The van der Waals surface area contributed by atoms with Gasteiger partial charge in [-0.15, -0.1) is 0 Å². The van der Waals surface area contributed by atoms with Gasteiger partial charge in [-0.05, 0) is 31.5 Å². The SMILES string of the molecule is NCCCCC#Cc1cccnc1. The Labute approximate surface area is 79.2 Å². The van der Waals surface area contributed by atoms with Crippen LogP contribution in [0.15, 0.2) is 24.5 Å². The first-order valence-corrected chi connectivity index (χ1v) is 4.52. The third kappa shape index (κ3) is 4.29. The molecule has 0 radical (unpaired) electrons. The van der Waals surface area contributed by atoms with Crippen LogP contribution in [0.2, 0.25) is 0 Å². The van der Waals surface area contributed by atoms with E-state index >= 15 is 0 Å². The molecular weight excluding hydrogens is 160 g/mol. The molecule has 2 N–H and O–H groups in total. The van der Waals surface area contributed by atoms with Gasteiger partial charge < -0.3 is 5.73 Å². The van der Waals surface area contributed by atoms with Crippen molar-refractivity contribution in [1.29, 1.82) is 0 Å². The maximum atomic E-state index is 5.36. The first-order valence-electron chi connectivity index (χ1n) is 4.52. The number of nitrogens with zero attached hydrogens (tertiary/aromatic N) is 1. The molecule has 0 aromatic carbocycles. The van der Waals surface area contributed by atoms with Gasteiger partial charge in [0.25, 0.3) is 0 Å². The summed E-state index contributed by atoms with van der Waals surface area (Å²) in [6.45, 7) is 0.759. The fourth-order valence-electron chi connectivity index (χ4n) is 0.959. The van der Waals surface area contributed by atoms with Gasteiger partial charge in [0.05, 0.1) is 0 Å². The highest BCUT2D eigenvalue weighted by atomic mass is 14.6. The van der Waals surface area contributed by atoms with Crippen LogP contribution in [0.3, 0.4) is 0 Å². The van der Waals surface area contributed by atoms with Crippen molar-refractivity contribution in [2.45, 2.75) is 19.3 Å². The Kier molecular flexibility index (Phi) is 4.66. The molecule has 1 aromatic rings. The van der Waals surface area contributed by atoms with Gasteiger partial charge in [0, 0.05) is 24.4 Å². The van der Waals surface area contributed by atoms with Crippen molar-refractivity contribution in [3.8, 4) is 11.8 Å². The monoisotopic (exact) mass is 174 g/mol. The van der Waals surface area contributed by atoms with Gasteiger partial charge in [-0.25, -0.2) is 0 Å². The number of rotatable bonds is 3. The molecule has 2 heteroatoms. The normalized spacial score (nSPS) is 9.00. The number of hydrogen-bond donors (Lipinski definition) is 1. The van der Waals surface area contributed by atoms with E-state index in [1.54, 1.807) is 12.4 Å². The zero-order chi connectivity index (χ0) is 9.36. The van der Waals surface area contributed by atoms with E-state index < -0.39 is 0 Å². The quantitative estimate of drug-likeness (QED) is 0.558. The predicted molar refractivity (Wildman–Crippen MR) is 54.0 cm³/mol. The van der Waals surface area contributed by atoms with E-state index in [4.69, 9.17) is 5.73 Å². The summed E-state index contributed by atoms with van der Waals surface area (Å²) in [5, 5.41) is 0. The molecule has 0 spiro atoms. The Balaban J connectivity index is 2.31. The summed E-state index contributed by atoms with van der Waals surface area (Å²) in [5.41, 5.74) is 6.35. The molecule has 0 aliphatic rings. The second-order valence-electron chi connectivity index (χ2n) is 2.79. The van der Waals surface area contributed by atoms with Gasteiger partial charge in [-0.1, -0.05) is 11.8 Å². The molecule has 0 bridgehead atoms. The van der Waals surface area contributed by atoms with Gasteiger partial charge in [-0.3, -0.25) is 4.98 Å². The highest BCUT2D eigenvalue weighted by Crippen LogP contribution is 1.94. The van der Waals surface area contributed by atoms with Crippen LogP contribution in [0.25, 0.3) is 0 Å². The summed E-state index contributed by atoms with van der Waals surface area (Å²) in [4.78, 5) is 3.98. The highest BCUT2D eigenvalue weighted by Gasteiger charge is 1.83. The molecule has 0 fully saturated rings. The van der Waals surface area contributed by atoms with Crippen molar-refractivity contribution in [3.63, 3.8) is 0 Å². The minimum atomic E-state index is 0.759. The molecule has 1 heterocycles. The summed E-state index contributed by atoms with van der Waals surface area (Å²) >= 11 is 0. The van der Waals surface area contributed by atoms with E-state index in [0.29, 0.717) is 0 Å². The Morgan fingerprint density at radius 1 is 1.38 bits per heavy atom. The molecule has 13 heavy (non-hydrogen) atoms. The smallest absolute Gasteiger partial charge is 0.0428 e. The lowest BCUT2D eigenvalue weighted by Gasteiger charge is -1.89. The number of hydrogen-bond acceptors (Lipinski definition) is 2. The van der Waals surface area contributed by atoms with Crippen molar-refractivity contribution in [3.05, 3.63) is 30.1 Å². The maximum Gasteiger partial charge on any atom is 0.0428 e. The zero-order valence-corrected chi connectivity index (χ0v) is 7.66. The molecule has 0 unspecified atom stereocenters. The second kappa shape index (κ2) is 6.22. The molecule has 0 amide bonds. The molecule has 0 saturated carbocycles. The first-order chi connectivity index (χ1) is 6.43. The van der Waals surface area contributed by atoms with Crippen LogP contribution in [-0.2, 0) is 0 Å². The number of aromatic nitrogens is 1. The number of nitrogens with two attached hydrogens (primary N) is 1. The maximum absolute atomic E-state index is 5.36. The fraction of sp³-hybridized carbons (Fsp3) is 0.364. The van der Waals surface area contributed by atoms with Gasteiger partial charge >= 0.3 is 0 Å². The standard InChI is InChI=1S/C11H14N2/c12-8-4-2-1-3-6-11-7-5-9-13-10-11/h5,7,9-10H,1-2,4,8,12H2. The second-order valence-corrected chi connectivity index (χ2v) is 2.79. The average Bonchev–Trinajstić information content (AvgIpc) is 2.19. The van der Waals surface area contributed by atoms with Crippen LogP contribution in [0, 0.1) is 11.8 Å². The minimum Gasteiger partial charge on any atom is -0.330 e. The van der Waals surface area contributed by atoms with E-state index in [1.807, 2.05) is 12.1 Å². The third-order valence-electron chi connectivity index (χ3n) is 1.65. The summed E-state index contributed by atoms with van der Waals surface area (Å²) < 4.78 is 0. The molecule has 2 nitrogen and oxygen atoms in total. The van der Waals surface area contributed by atoms with Gasteiger partial charge in [-0.2, -0.15) is 0 Å². The molecule has 0 saturated heterocycles. The summed E-state index contributed by atoms with van der Waals surface area (Å²) in [5.74, 6) is 6.14. The molecular formula is C11H14N2. The van der Waals surface area contributed by atoms with Crippen LogP contribution < -0.4 is 5.73 Å². The molecule has 0 aliphatic carbocycles. The average molecular weight is 174 g/mol. The van der Waals surface area contributed by atoms with E-state index in [9.17, 15) is 0 Å². The topological polar surface area (TPSA) is 38.9 Å². The fourth-order valence-corrected chi connectivity index (χ4v) is 0.959. The van der Waals surface area contributed by atoms with E-state index in [2.05, 4.69) is 16.8 Å². The van der Waals surface area contributed by atoms with Crippen molar-refractivity contribution in [2.75, 3.05) is 6.54 Å². The summed E-state index contributed by atoms with van der Waals surface area (Å²) in [7, 11) is 0. The number of unbranched alkanes of at least 4 members (excludes halogenated alkanes) is 2. The van der Waals surface area contributed by atoms with Crippen molar-refractivity contribution < 1.29 is 0 Å². The molecule has 68 valence electrons. The van der Waals surface area contributed by atoms with Crippen LogP contribution in [0.4, 0.5) is 0 Å². The zero-order valence-electron chi connectivity index (χ0n) is 7.66. The Bertz CT molecular complexity index is 282. The number of pyridine rings is 1. The summed E-state index contributed by atoms with van der Waals surface area (Å²) in [6, 6.07) is 3.85. The van der Waals surface area contributed by atoms with Crippen molar-refractivity contribution in [2.24, 2.45) is 5.73 Å². The van der Waals surface area contributed by atoms with Crippen molar-refractivity contribution in [1.82, 2.24) is 4.98 Å². The van der Waals surface area contributed by atoms with Crippen LogP contribution in [-0.4, -0.2) is 11.5 Å². The molecule has 1 rings (SSSR count). The Morgan fingerprint density at radius 2 is 2.31 bits per heavy atom. The van der Waals surface area contributed by atoms with Gasteiger partial charge in [0.2, 0.25) is 0 Å². The van der Waals surface area contributed by atoms with Gasteiger partial charge in [0.1, 0.15) is 0 Å². The van der Waals surface area contributed by atoms with E-state index in [-0.39, 0.29) is 0 Å². The van der Waals surface area contributed by atoms with Crippen LogP contribution in [0.5, 0.6) is 0 Å².